The maximum Gasteiger partial charge on any atom is 0.304 e. The summed E-state index contributed by atoms with van der Waals surface area (Å²) in [5, 5.41) is 9.27. The highest BCUT2D eigenvalue weighted by molar-refractivity contribution is 5.68. The quantitative estimate of drug-likeness (QED) is 0.771. The van der Waals surface area contributed by atoms with E-state index in [1.54, 1.807) is 11.1 Å². The summed E-state index contributed by atoms with van der Waals surface area (Å²) in [6.45, 7) is 14.9. The van der Waals surface area contributed by atoms with Crippen molar-refractivity contribution in [3.05, 3.63) is 25.1 Å². The van der Waals surface area contributed by atoms with Gasteiger partial charge in [0.25, 0.3) is 0 Å². The minimum atomic E-state index is -0.814. The largest absolute Gasteiger partial charge is 0.481 e. The fourth-order valence-corrected chi connectivity index (χ4v) is 2.69. The summed E-state index contributed by atoms with van der Waals surface area (Å²) in [5.74, 6) is -0.814. The Labute approximate surface area is 121 Å². The van der Waals surface area contributed by atoms with Gasteiger partial charge in [-0.3, -0.25) is 9.69 Å². The number of ether oxygens (including phenoxy) is 1. The van der Waals surface area contributed by atoms with Crippen LogP contribution in [0.4, 0.5) is 0 Å². The minimum Gasteiger partial charge on any atom is -0.481 e. The maximum atomic E-state index is 11.3. The topological polar surface area (TPSA) is 53.0 Å². The third-order valence-corrected chi connectivity index (χ3v) is 4.39. The van der Waals surface area contributed by atoms with E-state index in [1.165, 1.54) is 0 Å². The van der Waals surface area contributed by atoms with Crippen LogP contribution in [0.2, 0.25) is 0 Å². The molecule has 5 nitrogen and oxygen atoms in total. The van der Waals surface area contributed by atoms with Crippen LogP contribution in [0.25, 0.3) is 0 Å². The first kappa shape index (κ1) is 16.7. The van der Waals surface area contributed by atoms with Crippen molar-refractivity contribution in [1.82, 2.24) is 9.80 Å². The molecular weight excluding hydrogens is 256 g/mol. The van der Waals surface area contributed by atoms with Crippen LogP contribution in [0.5, 0.6) is 0 Å². The van der Waals surface area contributed by atoms with E-state index in [2.05, 4.69) is 25.0 Å². The average Bonchev–Trinajstić information content (AvgIpc) is 2.44. The summed E-state index contributed by atoms with van der Waals surface area (Å²) in [7, 11) is 1.85. The molecule has 0 amide bonds. The molecule has 0 spiro atoms. The molecule has 20 heavy (non-hydrogen) atoms. The number of aliphatic carboxylic acids is 1. The van der Waals surface area contributed by atoms with Crippen molar-refractivity contribution < 1.29 is 14.6 Å². The van der Waals surface area contributed by atoms with Gasteiger partial charge in [-0.1, -0.05) is 20.1 Å². The number of hydrogen-bond donors (Lipinski definition) is 1. The summed E-state index contributed by atoms with van der Waals surface area (Å²) in [5.41, 5.74) is 0.223. The van der Waals surface area contributed by atoms with Gasteiger partial charge in [0.1, 0.15) is 0 Å². The van der Waals surface area contributed by atoms with Crippen molar-refractivity contribution in [3.8, 4) is 0 Å². The van der Waals surface area contributed by atoms with Gasteiger partial charge in [0.2, 0.25) is 0 Å². The molecule has 1 N–H and O–H groups in total. The Hall–Kier alpha value is -1.33. The standard InChI is InChI=1S/C15H26N2O3/c1-6-16(5)12(2)15(4,11-14(18)19)13(3)17-7-9-20-10-8-17/h6,13H,1-2,7-11H2,3-5H3,(H,18,19). The summed E-state index contributed by atoms with van der Waals surface area (Å²) in [6, 6.07) is 0.0670. The number of carbonyl (C=O) groups is 1. The highest BCUT2D eigenvalue weighted by Gasteiger charge is 2.41. The smallest absolute Gasteiger partial charge is 0.304 e. The minimum absolute atomic E-state index is 0.0442. The fourth-order valence-electron chi connectivity index (χ4n) is 2.69. The third kappa shape index (κ3) is 3.61. The van der Waals surface area contributed by atoms with E-state index < -0.39 is 11.4 Å². The van der Waals surface area contributed by atoms with Crippen molar-refractivity contribution in [3.63, 3.8) is 0 Å². The van der Waals surface area contributed by atoms with E-state index in [4.69, 9.17) is 4.74 Å². The van der Waals surface area contributed by atoms with Gasteiger partial charge in [0.15, 0.2) is 0 Å². The van der Waals surface area contributed by atoms with E-state index in [9.17, 15) is 9.90 Å². The molecule has 0 aromatic carbocycles. The third-order valence-electron chi connectivity index (χ3n) is 4.39. The summed E-state index contributed by atoms with van der Waals surface area (Å²) in [4.78, 5) is 15.4. The van der Waals surface area contributed by atoms with Crippen LogP contribution in [0, 0.1) is 5.41 Å². The van der Waals surface area contributed by atoms with Crippen LogP contribution in [0.15, 0.2) is 25.1 Å². The van der Waals surface area contributed by atoms with E-state index in [0.29, 0.717) is 13.2 Å². The zero-order valence-corrected chi connectivity index (χ0v) is 12.8. The molecule has 2 unspecified atom stereocenters. The first-order valence-electron chi connectivity index (χ1n) is 6.91. The molecule has 114 valence electrons. The molecule has 1 saturated heterocycles. The zero-order valence-electron chi connectivity index (χ0n) is 12.8. The molecule has 1 heterocycles. The predicted octanol–water partition coefficient (Wildman–Crippen LogP) is 1.78. The number of morpholine rings is 1. The number of nitrogens with zero attached hydrogens (tertiary/aromatic N) is 2. The molecule has 0 aromatic rings. The van der Waals surface area contributed by atoms with E-state index >= 15 is 0 Å². The van der Waals surface area contributed by atoms with Crippen LogP contribution in [-0.4, -0.2) is 60.3 Å². The first-order valence-corrected chi connectivity index (χ1v) is 6.91. The Morgan fingerprint density at radius 2 is 2.10 bits per heavy atom. The van der Waals surface area contributed by atoms with Gasteiger partial charge < -0.3 is 14.7 Å². The van der Waals surface area contributed by atoms with Crippen LogP contribution < -0.4 is 0 Å². The van der Waals surface area contributed by atoms with Crippen molar-refractivity contribution in [2.75, 3.05) is 33.4 Å². The van der Waals surface area contributed by atoms with Crippen molar-refractivity contribution >= 4 is 5.97 Å². The van der Waals surface area contributed by atoms with Gasteiger partial charge in [-0.25, -0.2) is 0 Å². The summed E-state index contributed by atoms with van der Waals surface area (Å²) >= 11 is 0. The molecule has 1 aliphatic rings. The van der Waals surface area contributed by atoms with Crippen LogP contribution >= 0.6 is 0 Å². The van der Waals surface area contributed by atoms with Crippen LogP contribution in [0.1, 0.15) is 20.3 Å². The van der Waals surface area contributed by atoms with E-state index in [1.807, 2.05) is 14.0 Å². The monoisotopic (exact) mass is 282 g/mol. The van der Waals surface area contributed by atoms with Gasteiger partial charge in [0.05, 0.1) is 19.6 Å². The SMILES string of the molecule is C=CN(C)C(=C)C(C)(CC(=O)O)C(C)N1CCOCC1. The molecule has 0 radical (unpaired) electrons. The number of hydrogen-bond acceptors (Lipinski definition) is 4. The van der Waals surface area contributed by atoms with Crippen molar-refractivity contribution in [1.29, 1.82) is 0 Å². The van der Waals surface area contributed by atoms with Gasteiger partial charge in [-0.15, -0.1) is 0 Å². The van der Waals surface area contributed by atoms with Gasteiger partial charge in [-0.2, -0.15) is 0 Å². The van der Waals surface area contributed by atoms with Crippen LogP contribution in [0.3, 0.4) is 0 Å². The zero-order chi connectivity index (χ0) is 15.3. The second kappa shape index (κ2) is 6.90. The Kier molecular flexibility index (Phi) is 5.77. The molecule has 0 saturated carbocycles. The molecular formula is C15H26N2O3. The Bertz CT molecular complexity index is 377. The second-order valence-electron chi connectivity index (χ2n) is 5.55. The molecule has 0 bridgehead atoms. The van der Waals surface area contributed by atoms with Gasteiger partial charge >= 0.3 is 5.97 Å². The van der Waals surface area contributed by atoms with Gasteiger partial charge in [-0.05, 0) is 13.1 Å². The summed E-state index contributed by atoms with van der Waals surface area (Å²) in [6.07, 6.45) is 1.71. The van der Waals surface area contributed by atoms with Crippen molar-refractivity contribution in [2.24, 2.45) is 5.41 Å². The molecule has 1 aliphatic heterocycles. The number of rotatable bonds is 7. The van der Waals surface area contributed by atoms with E-state index in [-0.39, 0.29) is 12.5 Å². The second-order valence-corrected chi connectivity index (χ2v) is 5.55. The molecule has 0 aromatic heterocycles. The normalized spacial score (nSPS) is 20.8. The number of carboxylic acid groups (broad SMARTS) is 1. The fraction of sp³-hybridized carbons (Fsp3) is 0.667. The van der Waals surface area contributed by atoms with Gasteiger partial charge in [0, 0.05) is 37.3 Å². The van der Waals surface area contributed by atoms with Crippen molar-refractivity contribution in [2.45, 2.75) is 26.3 Å². The molecule has 5 heteroatoms. The lowest BCUT2D eigenvalue weighted by atomic mass is 9.76. The Morgan fingerprint density at radius 3 is 2.55 bits per heavy atom. The number of carboxylic acids is 1. The highest BCUT2D eigenvalue weighted by atomic mass is 16.5. The maximum absolute atomic E-state index is 11.3. The first-order chi connectivity index (χ1) is 9.32. The molecule has 1 fully saturated rings. The van der Waals surface area contributed by atoms with E-state index in [0.717, 1.165) is 18.8 Å². The lowest BCUT2D eigenvalue weighted by Gasteiger charge is -2.45. The van der Waals surface area contributed by atoms with Crippen LogP contribution in [-0.2, 0) is 9.53 Å². The Balaban J connectivity index is 2.99. The lowest BCUT2D eigenvalue weighted by molar-refractivity contribution is -0.140. The average molecular weight is 282 g/mol. The molecule has 0 aliphatic carbocycles. The summed E-state index contributed by atoms with van der Waals surface area (Å²) < 4.78 is 5.37. The lowest BCUT2D eigenvalue weighted by Crippen LogP contribution is -2.52. The highest BCUT2D eigenvalue weighted by Crippen LogP contribution is 2.38. The molecule has 2 atom stereocenters. The predicted molar refractivity (Wildman–Crippen MR) is 79.3 cm³/mol. The molecule has 1 rings (SSSR count). The Morgan fingerprint density at radius 1 is 1.55 bits per heavy atom.